The van der Waals surface area contributed by atoms with Crippen molar-refractivity contribution in [3.8, 4) is 11.5 Å². The summed E-state index contributed by atoms with van der Waals surface area (Å²) >= 11 is 0. The summed E-state index contributed by atoms with van der Waals surface area (Å²) in [5.41, 5.74) is 3.15. The second kappa shape index (κ2) is 6.70. The fraction of sp³-hybridized carbons (Fsp3) is 0.278. The molecule has 0 aliphatic rings. The molecule has 6 nitrogen and oxygen atoms in total. The van der Waals surface area contributed by atoms with E-state index in [0.29, 0.717) is 12.4 Å². The largest absolute Gasteiger partial charge is 0.444 e. The molecule has 2 aromatic heterocycles. The maximum atomic E-state index is 12.3. The lowest BCUT2D eigenvalue weighted by Crippen LogP contribution is -2.36. The van der Waals surface area contributed by atoms with Gasteiger partial charge in [0.25, 0.3) is 5.91 Å². The van der Waals surface area contributed by atoms with Crippen molar-refractivity contribution in [1.82, 2.24) is 20.1 Å². The molecule has 3 rings (SSSR count). The molecule has 0 aliphatic heterocycles. The summed E-state index contributed by atoms with van der Waals surface area (Å²) in [5.74, 6) is 0.182. The third-order valence-electron chi connectivity index (χ3n) is 3.69. The zero-order valence-corrected chi connectivity index (χ0v) is 14.0. The molecule has 6 heteroatoms. The van der Waals surface area contributed by atoms with Crippen molar-refractivity contribution in [3.05, 3.63) is 59.7 Å². The lowest BCUT2D eigenvalue weighted by molar-refractivity contribution is 0.0931. The van der Waals surface area contributed by atoms with Crippen LogP contribution >= 0.6 is 0 Å². The van der Waals surface area contributed by atoms with Gasteiger partial charge in [-0.25, -0.2) is 4.98 Å². The number of aryl methyl sites for hydroxylation is 2. The molecule has 0 saturated heterocycles. The standard InChI is InChI=1S/C18H20N4O2/c1-12-9-14(3)22(21-12)10-13(2)19-17(23)16-11-24-18(20-16)15-7-5-4-6-8-15/h4-9,11,13H,10H2,1-3H3,(H,19,23). The van der Waals surface area contributed by atoms with Crippen molar-refractivity contribution in [2.75, 3.05) is 0 Å². The van der Waals surface area contributed by atoms with Crippen LogP contribution in [0.3, 0.4) is 0 Å². The summed E-state index contributed by atoms with van der Waals surface area (Å²) in [6.45, 7) is 6.49. The SMILES string of the molecule is Cc1cc(C)n(CC(C)NC(=O)c2coc(-c3ccccc3)n2)n1. The third kappa shape index (κ3) is 3.53. The third-order valence-corrected chi connectivity index (χ3v) is 3.69. The van der Waals surface area contributed by atoms with Crippen molar-refractivity contribution < 1.29 is 9.21 Å². The summed E-state index contributed by atoms with van der Waals surface area (Å²) in [4.78, 5) is 16.6. The Labute approximate surface area is 140 Å². The van der Waals surface area contributed by atoms with Crippen LogP contribution in [0.2, 0.25) is 0 Å². The zero-order valence-electron chi connectivity index (χ0n) is 14.0. The number of hydrogen-bond acceptors (Lipinski definition) is 4. The van der Waals surface area contributed by atoms with Crippen molar-refractivity contribution in [2.45, 2.75) is 33.4 Å². The zero-order chi connectivity index (χ0) is 17.1. The molecular weight excluding hydrogens is 304 g/mol. The lowest BCUT2D eigenvalue weighted by atomic mass is 10.2. The molecular formula is C18H20N4O2. The van der Waals surface area contributed by atoms with Gasteiger partial charge in [0.15, 0.2) is 5.69 Å². The van der Waals surface area contributed by atoms with Crippen LogP contribution in [0.1, 0.15) is 28.8 Å². The van der Waals surface area contributed by atoms with E-state index in [2.05, 4.69) is 15.4 Å². The highest BCUT2D eigenvalue weighted by molar-refractivity contribution is 5.92. The molecule has 1 atom stereocenters. The fourth-order valence-electron chi connectivity index (χ4n) is 2.55. The average molecular weight is 324 g/mol. The lowest BCUT2D eigenvalue weighted by Gasteiger charge is -2.14. The van der Waals surface area contributed by atoms with Crippen LogP contribution in [0.4, 0.5) is 0 Å². The molecule has 1 aromatic carbocycles. The molecule has 124 valence electrons. The van der Waals surface area contributed by atoms with Gasteiger partial charge < -0.3 is 9.73 Å². The van der Waals surface area contributed by atoms with Crippen LogP contribution in [-0.4, -0.2) is 26.7 Å². The molecule has 0 spiro atoms. The second-order valence-electron chi connectivity index (χ2n) is 5.89. The molecule has 24 heavy (non-hydrogen) atoms. The van der Waals surface area contributed by atoms with E-state index < -0.39 is 0 Å². The molecule has 1 unspecified atom stereocenters. The molecule has 1 amide bonds. The first-order chi connectivity index (χ1) is 11.5. The quantitative estimate of drug-likeness (QED) is 0.783. The number of carbonyl (C=O) groups excluding carboxylic acids is 1. The molecule has 0 saturated carbocycles. The minimum absolute atomic E-state index is 0.0765. The van der Waals surface area contributed by atoms with Gasteiger partial charge in [0.1, 0.15) is 6.26 Å². The van der Waals surface area contributed by atoms with Gasteiger partial charge in [-0.15, -0.1) is 0 Å². The summed E-state index contributed by atoms with van der Waals surface area (Å²) in [7, 11) is 0. The normalized spacial score (nSPS) is 12.1. The predicted octanol–water partition coefficient (Wildman–Crippen LogP) is 2.97. The van der Waals surface area contributed by atoms with Gasteiger partial charge in [0.2, 0.25) is 5.89 Å². The van der Waals surface area contributed by atoms with Crippen LogP contribution in [-0.2, 0) is 6.54 Å². The first kappa shape index (κ1) is 16.0. The average Bonchev–Trinajstić information content (AvgIpc) is 3.15. The Kier molecular flexibility index (Phi) is 4.46. The van der Waals surface area contributed by atoms with Crippen LogP contribution in [0.15, 0.2) is 47.1 Å². The molecule has 0 fully saturated rings. The van der Waals surface area contributed by atoms with Crippen LogP contribution in [0.5, 0.6) is 0 Å². The minimum atomic E-state index is -0.255. The van der Waals surface area contributed by atoms with Gasteiger partial charge >= 0.3 is 0 Å². The van der Waals surface area contributed by atoms with E-state index >= 15 is 0 Å². The molecule has 2 heterocycles. The van der Waals surface area contributed by atoms with E-state index in [-0.39, 0.29) is 17.6 Å². The van der Waals surface area contributed by atoms with Gasteiger partial charge in [-0.05, 0) is 39.0 Å². The Morgan fingerprint density at radius 2 is 2.04 bits per heavy atom. The number of aromatic nitrogens is 3. The highest BCUT2D eigenvalue weighted by atomic mass is 16.3. The Balaban J connectivity index is 1.65. The first-order valence-corrected chi connectivity index (χ1v) is 7.86. The minimum Gasteiger partial charge on any atom is -0.444 e. The van der Waals surface area contributed by atoms with Crippen LogP contribution < -0.4 is 5.32 Å². The number of hydrogen-bond donors (Lipinski definition) is 1. The van der Waals surface area contributed by atoms with Crippen LogP contribution in [0, 0.1) is 13.8 Å². The number of benzene rings is 1. The number of oxazole rings is 1. The number of nitrogens with zero attached hydrogens (tertiary/aromatic N) is 3. The van der Waals surface area contributed by atoms with E-state index in [1.807, 2.05) is 61.9 Å². The highest BCUT2D eigenvalue weighted by Crippen LogP contribution is 2.17. The smallest absolute Gasteiger partial charge is 0.273 e. The van der Waals surface area contributed by atoms with Crippen molar-refractivity contribution in [2.24, 2.45) is 0 Å². The Hall–Kier alpha value is -2.89. The Bertz CT molecular complexity index is 836. The summed E-state index contributed by atoms with van der Waals surface area (Å²) < 4.78 is 7.29. The van der Waals surface area contributed by atoms with Crippen molar-refractivity contribution >= 4 is 5.91 Å². The van der Waals surface area contributed by atoms with Gasteiger partial charge in [-0.2, -0.15) is 5.10 Å². The number of rotatable bonds is 5. The fourth-order valence-corrected chi connectivity index (χ4v) is 2.55. The van der Waals surface area contributed by atoms with E-state index in [1.165, 1.54) is 6.26 Å². The van der Waals surface area contributed by atoms with Crippen molar-refractivity contribution in [3.63, 3.8) is 0 Å². The van der Waals surface area contributed by atoms with Gasteiger partial charge in [-0.3, -0.25) is 9.48 Å². The van der Waals surface area contributed by atoms with Crippen LogP contribution in [0.25, 0.3) is 11.5 Å². The maximum Gasteiger partial charge on any atom is 0.273 e. The van der Waals surface area contributed by atoms with Gasteiger partial charge in [0, 0.05) is 17.3 Å². The predicted molar refractivity (Wildman–Crippen MR) is 90.6 cm³/mol. The van der Waals surface area contributed by atoms with E-state index in [0.717, 1.165) is 17.0 Å². The monoisotopic (exact) mass is 324 g/mol. The summed E-state index contributed by atoms with van der Waals surface area (Å²) in [5, 5.41) is 7.33. The molecule has 0 aliphatic carbocycles. The van der Waals surface area contributed by atoms with E-state index in [4.69, 9.17) is 4.42 Å². The second-order valence-corrected chi connectivity index (χ2v) is 5.89. The van der Waals surface area contributed by atoms with Crippen molar-refractivity contribution in [1.29, 1.82) is 0 Å². The summed E-state index contributed by atoms with van der Waals surface area (Å²) in [6.07, 6.45) is 1.38. The Morgan fingerprint density at radius 1 is 1.29 bits per heavy atom. The van der Waals surface area contributed by atoms with E-state index in [9.17, 15) is 4.79 Å². The maximum absolute atomic E-state index is 12.3. The molecule has 1 N–H and O–H groups in total. The summed E-state index contributed by atoms with van der Waals surface area (Å²) in [6, 6.07) is 11.4. The molecule has 0 radical (unpaired) electrons. The highest BCUT2D eigenvalue weighted by Gasteiger charge is 2.16. The first-order valence-electron chi connectivity index (χ1n) is 7.86. The Morgan fingerprint density at radius 3 is 2.71 bits per heavy atom. The van der Waals surface area contributed by atoms with E-state index in [1.54, 1.807) is 0 Å². The van der Waals surface area contributed by atoms with Gasteiger partial charge in [0.05, 0.1) is 12.2 Å². The molecule has 0 bridgehead atoms. The topological polar surface area (TPSA) is 73.0 Å². The van der Waals surface area contributed by atoms with Gasteiger partial charge in [-0.1, -0.05) is 18.2 Å². The number of nitrogens with one attached hydrogen (secondary N) is 1. The molecule has 3 aromatic rings. The number of carbonyl (C=O) groups is 1. The number of amides is 1.